The smallest absolute Gasteiger partial charge is 0.221 e. The topological polar surface area (TPSA) is 59.6 Å². The highest BCUT2D eigenvalue weighted by Crippen LogP contribution is 2.27. The van der Waals surface area contributed by atoms with E-state index in [0.29, 0.717) is 30.3 Å². The fourth-order valence-corrected chi connectivity index (χ4v) is 2.58. The first-order valence-corrected chi connectivity index (χ1v) is 8.47. The molecule has 134 valence electrons. The van der Waals surface area contributed by atoms with Gasteiger partial charge in [-0.1, -0.05) is 23.7 Å². The summed E-state index contributed by atoms with van der Waals surface area (Å²) in [6.45, 7) is 1.15. The molecule has 0 saturated heterocycles. The predicted molar refractivity (Wildman–Crippen MR) is 101 cm³/mol. The van der Waals surface area contributed by atoms with E-state index in [2.05, 4.69) is 10.6 Å². The van der Waals surface area contributed by atoms with Gasteiger partial charge in [0.15, 0.2) is 0 Å². The molecule has 2 rings (SSSR count). The zero-order valence-corrected chi connectivity index (χ0v) is 15.2. The van der Waals surface area contributed by atoms with Crippen molar-refractivity contribution in [3.05, 3.63) is 53.1 Å². The maximum Gasteiger partial charge on any atom is 0.221 e. The second-order valence-corrected chi connectivity index (χ2v) is 5.88. The quantitative estimate of drug-likeness (QED) is 0.716. The van der Waals surface area contributed by atoms with E-state index in [1.165, 1.54) is 0 Å². The number of hydrogen-bond donors (Lipinski definition) is 2. The van der Waals surface area contributed by atoms with Crippen molar-refractivity contribution in [2.24, 2.45) is 0 Å². The summed E-state index contributed by atoms with van der Waals surface area (Å²) in [4.78, 5) is 11.9. The van der Waals surface area contributed by atoms with Gasteiger partial charge in [-0.05, 0) is 42.3 Å². The number of nitrogens with one attached hydrogen (secondary N) is 2. The van der Waals surface area contributed by atoms with Crippen LogP contribution in [-0.2, 0) is 11.2 Å². The van der Waals surface area contributed by atoms with Gasteiger partial charge in [0.2, 0.25) is 5.91 Å². The number of rotatable bonds is 9. The normalized spacial score (nSPS) is 10.2. The lowest BCUT2D eigenvalue weighted by atomic mass is 10.1. The molecule has 5 nitrogen and oxygen atoms in total. The first-order chi connectivity index (χ1) is 12.1. The predicted octanol–water partition coefficient (Wildman–Crippen LogP) is 3.52. The summed E-state index contributed by atoms with van der Waals surface area (Å²) in [5, 5.41) is 6.63. The van der Waals surface area contributed by atoms with E-state index in [-0.39, 0.29) is 5.91 Å². The molecule has 2 aromatic rings. The Hall–Kier alpha value is -2.40. The first kappa shape index (κ1) is 18.9. The van der Waals surface area contributed by atoms with Crippen molar-refractivity contribution in [3.63, 3.8) is 0 Å². The summed E-state index contributed by atoms with van der Waals surface area (Å²) in [5.74, 6) is 1.47. The Labute approximate surface area is 153 Å². The number of halogens is 1. The first-order valence-electron chi connectivity index (χ1n) is 8.09. The SMILES string of the molecule is COc1ccc(CCNC(=O)CCNc2ccc(OC)c(Cl)c2)cc1. The van der Waals surface area contributed by atoms with E-state index in [4.69, 9.17) is 21.1 Å². The summed E-state index contributed by atoms with van der Waals surface area (Å²) in [6, 6.07) is 13.3. The van der Waals surface area contributed by atoms with Gasteiger partial charge in [0.1, 0.15) is 11.5 Å². The zero-order chi connectivity index (χ0) is 18.1. The van der Waals surface area contributed by atoms with E-state index in [1.54, 1.807) is 26.4 Å². The molecule has 0 fully saturated rings. The molecule has 6 heteroatoms. The van der Waals surface area contributed by atoms with E-state index in [1.807, 2.05) is 30.3 Å². The average Bonchev–Trinajstić information content (AvgIpc) is 2.62. The molecule has 0 bridgehead atoms. The molecule has 25 heavy (non-hydrogen) atoms. The van der Waals surface area contributed by atoms with E-state index in [0.717, 1.165) is 23.4 Å². The second-order valence-electron chi connectivity index (χ2n) is 5.47. The number of benzene rings is 2. The number of hydrogen-bond acceptors (Lipinski definition) is 4. The van der Waals surface area contributed by atoms with Gasteiger partial charge in [-0.3, -0.25) is 4.79 Å². The van der Waals surface area contributed by atoms with E-state index < -0.39 is 0 Å². The van der Waals surface area contributed by atoms with Crippen LogP contribution >= 0.6 is 11.6 Å². The highest BCUT2D eigenvalue weighted by molar-refractivity contribution is 6.32. The number of carbonyl (C=O) groups is 1. The van der Waals surface area contributed by atoms with Crippen LogP contribution in [0, 0.1) is 0 Å². The van der Waals surface area contributed by atoms with Gasteiger partial charge in [0, 0.05) is 25.2 Å². The molecule has 0 aliphatic heterocycles. The molecule has 1 amide bonds. The molecule has 0 atom stereocenters. The average molecular weight is 363 g/mol. The fourth-order valence-electron chi connectivity index (χ4n) is 2.32. The van der Waals surface area contributed by atoms with Crippen molar-refractivity contribution in [2.45, 2.75) is 12.8 Å². The molecule has 0 spiro atoms. The molecule has 0 heterocycles. The van der Waals surface area contributed by atoms with Crippen LogP contribution < -0.4 is 20.1 Å². The van der Waals surface area contributed by atoms with Gasteiger partial charge in [0.05, 0.1) is 19.2 Å². The third kappa shape index (κ3) is 6.19. The fraction of sp³-hybridized carbons (Fsp3) is 0.316. The highest BCUT2D eigenvalue weighted by Gasteiger charge is 2.04. The van der Waals surface area contributed by atoms with Crippen molar-refractivity contribution in [1.82, 2.24) is 5.32 Å². The molecule has 2 N–H and O–H groups in total. The largest absolute Gasteiger partial charge is 0.497 e. The monoisotopic (exact) mass is 362 g/mol. The molecule has 0 aliphatic rings. The number of methoxy groups -OCH3 is 2. The van der Waals surface area contributed by atoms with Gasteiger partial charge in [-0.25, -0.2) is 0 Å². The summed E-state index contributed by atoms with van der Waals surface area (Å²) in [7, 11) is 3.22. The van der Waals surface area contributed by atoms with Crippen molar-refractivity contribution in [2.75, 3.05) is 32.6 Å². The van der Waals surface area contributed by atoms with Crippen molar-refractivity contribution in [1.29, 1.82) is 0 Å². The minimum absolute atomic E-state index is 0.0145. The summed E-state index contributed by atoms with van der Waals surface area (Å²) >= 11 is 6.06. The van der Waals surface area contributed by atoms with Crippen molar-refractivity contribution < 1.29 is 14.3 Å². The number of anilines is 1. The molecule has 0 aromatic heterocycles. The Morgan fingerprint density at radius 1 is 1.04 bits per heavy atom. The van der Waals surface area contributed by atoms with E-state index >= 15 is 0 Å². The van der Waals surface area contributed by atoms with Gasteiger partial charge in [-0.2, -0.15) is 0 Å². The Kier molecular flexibility index (Phi) is 7.41. The summed E-state index contributed by atoms with van der Waals surface area (Å²) in [5.41, 5.74) is 2.02. The Morgan fingerprint density at radius 3 is 2.44 bits per heavy atom. The van der Waals surface area contributed by atoms with Crippen molar-refractivity contribution >= 4 is 23.2 Å². The lowest BCUT2D eigenvalue weighted by molar-refractivity contribution is -0.120. The van der Waals surface area contributed by atoms with Crippen LogP contribution in [0.25, 0.3) is 0 Å². The maximum atomic E-state index is 11.9. The van der Waals surface area contributed by atoms with Gasteiger partial charge in [0.25, 0.3) is 0 Å². The number of ether oxygens (including phenoxy) is 2. The summed E-state index contributed by atoms with van der Waals surface area (Å²) < 4.78 is 10.2. The molecular formula is C19H23ClN2O3. The van der Waals surface area contributed by atoms with Crippen LogP contribution in [0.3, 0.4) is 0 Å². The second kappa shape index (κ2) is 9.79. The zero-order valence-electron chi connectivity index (χ0n) is 14.5. The van der Waals surface area contributed by atoms with Gasteiger partial charge >= 0.3 is 0 Å². The number of amides is 1. The molecule has 0 radical (unpaired) electrons. The molecule has 0 saturated carbocycles. The van der Waals surface area contributed by atoms with Crippen LogP contribution in [0.4, 0.5) is 5.69 Å². The van der Waals surface area contributed by atoms with Crippen LogP contribution in [0.15, 0.2) is 42.5 Å². The van der Waals surface area contributed by atoms with Gasteiger partial charge in [-0.15, -0.1) is 0 Å². The number of carbonyl (C=O) groups excluding carboxylic acids is 1. The van der Waals surface area contributed by atoms with Crippen molar-refractivity contribution in [3.8, 4) is 11.5 Å². The maximum absolute atomic E-state index is 11.9. The molecular weight excluding hydrogens is 340 g/mol. The van der Waals surface area contributed by atoms with Crippen LogP contribution in [0.1, 0.15) is 12.0 Å². The van der Waals surface area contributed by atoms with E-state index in [9.17, 15) is 4.79 Å². The van der Waals surface area contributed by atoms with Crippen LogP contribution in [0.2, 0.25) is 5.02 Å². The molecule has 0 unspecified atom stereocenters. The van der Waals surface area contributed by atoms with Gasteiger partial charge < -0.3 is 20.1 Å². The third-order valence-corrected chi connectivity index (χ3v) is 4.02. The molecule has 0 aliphatic carbocycles. The van der Waals surface area contributed by atoms with Crippen LogP contribution in [0.5, 0.6) is 11.5 Å². The third-order valence-electron chi connectivity index (χ3n) is 3.73. The Balaban J connectivity index is 1.65. The highest BCUT2D eigenvalue weighted by atomic mass is 35.5. The standard InChI is InChI=1S/C19H23ClN2O3/c1-24-16-6-3-14(4-7-16)9-11-22-19(23)10-12-21-15-5-8-18(25-2)17(20)13-15/h3-8,13,21H,9-12H2,1-2H3,(H,22,23). The van der Waals surface area contributed by atoms with Crippen LogP contribution in [-0.4, -0.2) is 33.2 Å². The minimum Gasteiger partial charge on any atom is -0.497 e. The lowest BCUT2D eigenvalue weighted by Crippen LogP contribution is -2.27. The molecule has 2 aromatic carbocycles. The Bertz CT molecular complexity index is 690. The lowest BCUT2D eigenvalue weighted by Gasteiger charge is -2.09. The summed E-state index contributed by atoms with van der Waals surface area (Å²) in [6.07, 6.45) is 1.18. The minimum atomic E-state index is 0.0145. The Morgan fingerprint density at radius 2 is 1.80 bits per heavy atom.